The summed E-state index contributed by atoms with van der Waals surface area (Å²) in [5.74, 6) is 0.379. The summed E-state index contributed by atoms with van der Waals surface area (Å²) in [7, 11) is 0. The molecule has 0 atom stereocenters. The molecule has 1 aromatic heterocycles. The number of nitrogens with one attached hydrogen (secondary N) is 1. The number of para-hydroxylation sites is 1. The lowest BCUT2D eigenvalue weighted by Gasteiger charge is -2.10. The van der Waals surface area contributed by atoms with Crippen molar-refractivity contribution in [3.63, 3.8) is 0 Å². The first-order chi connectivity index (χ1) is 10.8. The Kier molecular flexibility index (Phi) is 2.93. The van der Waals surface area contributed by atoms with Gasteiger partial charge in [0.15, 0.2) is 5.82 Å². The lowest BCUT2D eigenvalue weighted by molar-refractivity contribution is 0.625. The fraction of sp³-hybridized carbons (Fsp3) is 0. The summed E-state index contributed by atoms with van der Waals surface area (Å²) in [5.41, 5.74) is 3.49. The second-order valence-corrected chi connectivity index (χ2v) is 4.98. The van der Waals surface area contributed by atoms with Crippen LogP contribution in [0.15, 0.2) is 71.9 Å². The summed E-state index contributed by atoms with van der Waals surface area (Å²) >= 11 is 0. The molecule has 0 spiro atoms. The Labute approximate surface area is 127 Å². The summed E-state index contributed by atoms with van der Waals surface area (Å²) < 4.78 is 14.3. The first-order valence-corrected chi connectivity index (χ1v) is 6.98. The highest BCUT2D eigenvalue weighted by Crippen LogP contribution is 2.34. The molecule has 0 fully saturated rings. The number of fused-ring (bicyclic) bond motifs is 2. The van der Waals surface area contributed by atoms with Gasteiger partial charge in [-0.1, -0.05) is 30.3 Å². The Morgan fingerprint density at radius 2 is 1.59 bits per heavy atom. The third kappa shape index (κ3) is 2.05. The third-order valence-corrected chi connectivity index (χ3v) is 3.58. The van der Waals surface area contributed by atoms with Crippen molar-refractivity contribution < 1.29 is 4.39 Å². The Balaban J connectivity index is 2.03. The molecule has 0 bridgehead atoms. The summed E-state index contributed by atoms with van der Waals surface area (Å²) in [5, 5.41) is 3.27. The van der Waals surface area contributed by atoms with Crippen LogP contribution in [0.4, 0.5) is 21.6 Å². The van der Waals surface area contributed by atoms with Gasteiger partial charge < -0.3 is 5.32 Å². The van der Waals surface area contributed by atoms with Gasteiger partial charge in [-0.3, -0.25) is 0 Å². The van der Waals surface area contributed by atoms with Crippen molar-refractivity contribution in [2.24, 2.45) is 4.99 Å². The monoisotopic (exact) mass is 289 g/mol. The van der Waals surface area contributed by atoms with Gasteiger partial charge in [0.05, 0.1) is 5.71 Å². The lowest BCUT2D eigenvalue weighted by atomic mass is 10.00. The predicted octanol–water partition coefficient (Wildman–Crippen LogP) is 4.45. The van der Waals surface area contributed by atoms with Crippen molar-refractivity contribution in [2.75, 3.05) is 5.32 Å². The topological polar surface area (TPSA) is 37.3 Å². The van der Waals surface area contributed by atoms with E-state index in [1.807, 2.05) is 42.5 Å². The van der Waals surface area contributed by atoms with E-state index in [0.29, 0.717) is 22.8 Å². The number of hydrogen-bond donors (Lipinski definition) is 1. The van der Waals surface area contributed by atoms with Crippen LogP contribution in [0.25, 0.3) is 0 Å². The van der Waals surface area contributed by atoms with Crippen molar-refractivity contribution in [1.82, 2.24) is 4.98 Å². The number of aliphatic imine (C=N–C) groups is 1. The molecule has 2 heterocycles. The van der Waals surface area contributed by atoms with E-state index >= 15 is 0 Å². The van der Waals surface area contributed by atoms with Crippen molar-refractivity contribution in [2.45, 2.75) is 0 Å². The maximum absolute atomic E-state index is 14.3. The van der Waals surface area contributed by atoms with E-state index in [4.69, 9.17) is 0 Å². The van der Waals surface area contributed by atoms with Crippen LogP contribution in [0.2, 0.25) is 0 Å². The number of nitrogens with zero attached hydrogens (tertiary/aromatic N) is 2. The molecule has 4 rings (SSSR count). The SMILES string of the molecule is Fc1ccccc1C1=Nc2cccnc2Nc2ccccc21. The van der Waals surface area contributed by atoms with Gasteiger partial charge in [-0.05, 0) is 30.3 Å². The molecule has 1 N–H and O–H groups in total. The fourth-order valence-corrected chi connectivity index (χ4v) is 2.55. The molecule has 0 unspecified atom stereocenters. The van der Waals surface area contributed by atoms with E-state index in [1.165, 1.54) is 6.07 Å². The average Bonchev–Trinajstić information content (AvgIpc) is 2.72. The van der Waals surface area contributed by atoms with Gasteiger partial charge in [0.2, 0.25) is 0 Å². The van der Waals surface area contributed by atoms with Crippen LogP contribution in [-0.2, 0) is 0 Å². The number of aromatic nitrogens is 1. The standard InChI is InChI=1S/C18H12FN3/c19-14-8-3-1-6-12(14)17-13-7-2-4-9-15(13)22-18-16(21-17)10-5-11-20-18/h1-11H,(H,20,22). The van der Waals surface area contributed by atoms with E-state index in [0.717, 1.165) is 11.3 Å². The van der Waals surface area contributed by atoms with Crippen molar-refractivity contribution in [1.29, 1.82) is 0 Å². The Morgan fingerprint density at radius 3 is 2.45 bits per heavy atom. The van der Waals surface area contributed by atoms with Crippen LogP contribution in [0.5, 0.6) is 0 Å². The van der Waals surface area contributed by atoms with E-state index in [9.17, 15) is 4.39 Å². The number of hydrogen-bond acceptors (Lipinski definition) is 3. The van der Waals surface area contributed by atoms with Crippen LogP contribution in [0.1, 0.15) is 11.1 Å². The number of benzene rings is 2. The van der Waals surface area contributed by atoms with E-state index in [1.54, 1.807) is 18.3 Å². The van der Waals surface area contributed by atoms with Gasteiger partial charge in [-0.25, -0.2) is 14.4 Å². The molecule has 0 saturated carbocycles. The summed E-state index contributed by atoms with van der Waals surface area (Å²) in [6, 6.07) is 18.1. The quantitative estimate of drug-likeness (QED) is 0.562. The maximum atomic E-state index is 14.3. The predicted molar refractivity (Wildman–Crippen MR) is 85.7 cm³/mol. The molecule has 0 aliphatic carbocycles. The highest BCUT2D eigenvalue weighted by Gasteiger charge is 2.19. The number of halogens is 1. The van der Waals surface area contributed by atoms with Crippen molar-refractivity contribution in [3.8, 4) is 0 Å². The zero-order valence-electron chi connectivity index (χ0n) is 11.6. The highest BCUT2D eigenvalue weighted by atomic mass is 19.1. The molecular formula is C18H12FN3. The van der Waals surface area contributed by atoms with Gasteiger partial charge in [0.25, 0.3) is 0 Å². The van der Waals surface area contributed by atoms with Crippen LogP contribution in [0, 0.1) is 5.82 Å². The molecule has 3 nitrogen and oxygen atoms in total. The van der Waals surface area contributed by atoms with E-state index in [-0.39, 0.29) is 5.82 Å². The van der Waals surface area contributed by atoms with Crippen LogP contribution in [0.3, 0.4) is 0 Å². The molecule has 0 saturated heterocycles. The number of rotatable bonds is 1. The second-order valence-electron chi connectivity index (χ2n) is 4.98. The summed E-state index contributed by atoms with van der Waals surface area (Å²) in [4.78, 5) is 8.98. The first-order valence-electron chi connectivity index (χ1n) is 6.98. The minimum Gasteiger partial charge on any atom is -0.338 e. The summed E-state index contributed by atoms with van der Waals surface area (Å²) in [6.45, 7) is 0. The average molecular weight is 289 g/mol. The largest absolute Gasteiger partial charge is 0.338 e. The zero-order chi connectivity index (χ0) is 14.9. The van der Waals surface area contributed by atoms with Crippen LogP contribution < -0.4 is 5.32 Å². The van der Waals surface area contributed by atoms with E-state index < -0.39 is 0 Å². The molecule has 2 aromatic carbocycles. The fourth-order valence-electron chi connectivity index (χ4n) is 2.55. The molecule has 0 amide bonds. The van der Waals surface area contributed by atoms with Gasteiger partial charge in [0, 0.05) is 23.0 Å². The molecule has 3 aromatic rings. The van der Waals surface area contributed by atoms with E-state index in [2.05, 4.69) is 15.3 Å². The second kappa shape index (κ2) is 5.07. The molecule has 4 heteroatoms. The van der Waals surface area contributed by atoms with Crippen LogP contribution in [-0.4, -0.2) is 10.7 Å². The first kappa shape index (κ1) is 12.7. The van der Waals surface area contributed by atoms with Crippen molar-refractivity contribution in [3.05, 3.63) is 83.8 Å². The smallest absolute Gasteiger partial charge is 0.156 e. The Hall–Kier alpha value is -3.01. The van der Waals surface area contributed by atoms with Gasteiger partial charge in [-0.2, -0.15) is 0 Å². The maximum Gasteiger partial charge on any atom is 0.156 e. The number of pyridine rings is 1. The Morgan fingerprint density at radius 1 is 0.818 bits per heavy atom. The molecule has 106 valence electrons. The van der Waals surface area contributed by atoms with Gasteiger partial charge >= 0.3 is 0 Å². The molecule has 1 aliphatic heterocycles. The zero-order valence-corrected chi connectivity index (χ0v) is 11.6. The highest BCUT2D eigenvalue weighted by molar-refractivity contribution is 6.18. The molecular weight excluding hydrogens is 277 g/mol. The normalized spacial score (nSPS) is 12.5. The molecule has 1 aliphatic rings. The summed E-state index contributed by atoms with van der Waals surface area (Å²) in [6.07, 6.45) is 1.71. The minimum atomic E-state index is -0.289. The Bertz CT molecular complexity index is 887. The van der Waals surface area contributed by atoms with Gasteiger partial charge in [-0.15, -0.1) is 0 Å². The molecule has 0 radical (unpaired) electrons. The lowest BCUT2D eigenvalue weighted by Crippen LogP contribution is -2.06. The molecule has 22 heavy (non-hydrogen) atoms. The third-order valence-electron chi connectivity index (χ3n) is 3.58. The van der Waals surface area contributed by atoms with Crippen LogP contribution >= 0.6 is 0 Å². The minimum absolute atomic E-state index is 0.289. The number of anilines is 2. The van der Waals surface area contributed by atoms with Crippen molar-refractivity contribution >= 4 is 22.9 Å². The van der Waals surface area contributed by atoms with Gasteiger partial charge in [0.1, 0.15) is 11.5 Å².